The van der Waals surface area contributed by atoms with Crippen molar-refractivity contribution in [1.29, 1.82) is 0 Å². The molecule has 2 aromatic carbocycles. The first kappa shape index (κ1) is 16.0. The largest absolute Gasteiger partial charge is 0.316 e. The smallest absolute Gasteiger partial charge is 0.140 e. The maximum atomic E-state index is 14.0. The summed E-state index contributed by atoms with van der Waals surface area (Å²) in [5.74, 6) is -0.588. The molecule has 112 valence electrons. The van der Waals surface area contributed by atoms with E-state index in [0.717, 1.165) is 16.7 Å². The molecule has 0 aromatic heterocycles. The molecule has 0 aliphatic carbocycles. The Morgan fingerprint density at radius 3 is 2.10 bits per heavy atom. The maximum absolute atomic E-state index is 14.0. The van der Waals surface area contributed by atoms with E-state index in [1.165, 1.54) is 17.7 Å². The topological polar surface area (TPSA) is 12.0 Å². The summed E-state index contributed by atoms with van der Waals surface area (Å²) in [5, 5.41) is 2.88. The summed E-state index contributed by atoms with van der Waals surface area (Å²) in [4.78, 5) is 0.880. The Balaban J connectivity index is 2.23. The van der Waals surface area contributed by atoms with Crippen molar-refractivity contribution in [2.24, 2.45) is 0 Å². The van der Waals surface area contributed by atoms with Gasteiger partial charge in [0.1, 0.15) is 11.6 Å². The standard InChI is InChI=1S/C17H19F2NS/c1-11(2)13-4-6-14(7-5-13)21-17-15(18)8-12(10-20-3)9-16(17)19/h4-9,11,20H,10H2,1-3H3. The molecule has 1 N–H and O–H groups in total. The third-order valence-electron chi connectivity index (χ3n) is 3.21. The van der Waals surface area contributed by atoms with Crippen LogP contribution in [0.2, 0.25) is 0 Å². The Bertz CT molecular complexity index is 586. The second kappa shape index (κ2) is 7.05. The SMILES string of the molecule is CNCc1cc(F)c(Sc2ccc(C(C)C)cc2)c(F)c1. The zero-order valence-corrected chi connectivity index (χ0v) is 13.2. The lowest BCUT2D eigenvalue weighted by Gasteiger charge is -2.09. The fourth-order valence-corrected chi connectivity index (χ4v) is 2.88. The number of halogens is 2. The van der Waals surface area contributed by atoms with Gasteiger partial charge in [0.05, 0.1) is 4.90 Å². The summed E-state index contributed by atoms with van der Waals surface area (Å²) in [7, 11) is 1.74. The molecule has 0 atom stereocenters. The summed E-state index contributed by atoms with van der Waals surface area (Å²) in [6, 6.07) is 10.6. The van der Waals surface area contributed by atoms with E-state index in [2.05, 4.69) is 19.2 Å². The molecule has 0 aliphatic heterocycles. The van der Waals surface area contributed by atoms with E-state index in [1.807, 2.05) is 24.3 Å². The average Bonchev–Trinajstić information content (AvgIpc) is 2.44. The highest BCUT2D eigenvalue weighted by Crippen LogP contribution is 2.33. The lowest BCUT2D eigenvalue weighted by molar-refractivity contribution is 0.536. The van der Waals surface area contributed by atoms with Gasteiger partial charge in [0.2, 0.25) is 0 Å². The fourth-order valence-electron chi connectivity index (χ4n) is 2.05. The molecule has 0 aliphatic rings. The molecule has 0 bridgehead atoms. The predicted octanol–water partition coefficient (Wildman–Crippen LogP) is 4.96. The molecule has 0 unspecified atom stereocenters. The molecule has 0 saturated heterocycles. The van der Waals surface area contributed by atoms with Crippen LogP contribution in [0.4, 0.5) is 8.78 Å². The van der Waals surface area contributed by atoms with Crippen LogP contribution in [-0.2, 0) is 6.54 Å². The lowest BCUT2D eigenvalue weighted by Crippen LogP contribution is -2.06. The van der Waals surface area contributed by atoms with Gasteiger partial charge in [0, 0.05) is 11.4 Å². The summed E-state index contributed by atoms with van der Waals surface area (Å²) in [6.07, 6.45) is 0. The highest BCUT2D eigenvalue weighted by atomic mass is 32.2. The van der Waals surface area contributed by atoms with Gasteiger partial charge >= 0.3 is 0 Å². The van der Waals surface area contributed by atoms with Crippen LogP contribution in [0.5, 0.6) is 0 Å². The van der Waals surface area contributed by atoms with Gasteiger partial charge < -0.3 is 5.32 Å². The molecule has 0 fully saturated rings. The molecule has 0 spiro atoms. The van der Waals surface area contributed by atoms with Gasteiger partial charge in [-0.1, -0.05) is 37.7 Å². The van der Waals surface area contributed by atoms with Crippen molar-refractivity contribution in [3.63, 3.8) is 0 Å². The molecule has 0 radical (unpaired) electrons. The lowest BCUT2D eigenvalue weighted by atomic mass is 10.0. The Hall–Kier alpha value is -1.39. The number of nitrogens with one attached hydrogen (secondary N) is 1. The number of rotatable bonds is 5. The maximum Gasteiger partial charge on any atom is 0.140 e. The highest BCUT2D eigenvalue weighted by molar-refractivity contribution is 7.99. The van der Waals surface area contributed by atoms with Crippen LogP contribution in [-0.4, -0.2) is 7.05 Å². The van der Waals surface area contributed by atoms with E-state index >= 15 is 0 Å². The van der Waals surface area contributed by atoms with Gasteiger partial charge in [-0.2, -0.15) is 0 Å². The van der Waals surface area contributed by atoms with E-state index in [0.29, 0.717) is 18.0 Å². The Kier molecular flexibility index (Phi) is 5.37. The van der Waals surface area contributed by atoms with Gasteiger partial charge in [-0.15, -0.1) is 0 Å². The van der Waals surface area contributed by atoms with Crippen molar-refractivity contribution >= 4 is 11.8 Å². The first-order chi connectivity index (χ1) is 10.0. The number of hydrogen-bond donors (Lipinski definition) is 1. The van der Waals surface area contributed by atoms with Crippen molar-refractivity contribution in [3.05, 3.63) is 59.2 Å². The van der Waals surface area contributed by atoms with E-state index < -0.39 is 11.6 Å². The molecular formula is C17H19F2NS. The van der Waals surface area contributed by atoms with E-state index in [-0.39, 0.29) is 4.90 Å². The van der Waals surface area contributed by atoms with Crippen LogP contribution < -0.4 is 5.32 Å². The molecule has 0 saturated carbocycles. The molecule has 0 heterocycles. The normalized spacial score (nSPS) is 11.1. The molecule has 0 amide bonds. The van der Waals surface area contributed by atoms with E-state index in [9.17, 15) is 8.78 Å². The van der Waals surface area contributed by atoms with Crippen molar-refractivity contribution in [2.45, 2.75) is 36.1 Å². The Labute approximate surface area is 128 Å². The van der Waals surface area contributed by atoms with Crippen LogP contribution in [0.25, 0.3) is 0 Å². The minimum atomic E-state index is -0.516. The Morgan fingerprint density at radius 2 is 1.62 bits per heavy atom. The van der Waals surface area contributed by atoms with Crippen LogP contribution in [0.1, 0.15) is 30.9 Å². The minimum absolute atomic E-state index is 0.0483. The average molecular weight is 307 g/mol. The number of hydrogen-bond acceptors (Lipinski definition) is 2. The zero-order chi connectivity index (χ0) is 15.4. The second-order valence-corrected chi connectivity index (χ2v) is 6.33. The molecule has 21 heavy (non-hydrogen) atoms. The van der Waals surface area contributed by atoms with Gasteiger partial charge in [-0.25, -0.2) is 8.78 Å². The summed E-state index contributed by atoms with van der Waals surface area (Å²) < 4.78 is 28.1. The monoisotopic (exact) mass is 307 g/mol. The molecule has 1 nitrogen and oxygen atoms in total. The van der Waals surface area contributed by atoms with Crippen molar-refractivity contribution in [2.75, 3.05) is 7.05 Å². The van der Waals surface area contributed by atoms with Crippen molar-refractivity contribution in [3.8, 4) is 0 Å². The molecule has 4 heteroatoms. The van der Waals surface area contributed by atoms with Crippen LogP contribution in [0, 0.1) is 11.6 Å². The molecule has 2 aromatic rings. The molecular weight excluding hydrogens is 288 g/mol. The van der Waals surface area contributed by atoms with Crippen molar-refractivity contribution in [1.82, 2.24) is 5.32 Å². The first-order valence-corrected chi connectivity index (χ1v) is 7.73. The predicted molar refractivity (Wildman–Crippen MR) is 83.8 cm³/mol. The van der Waals surface area contributed by atoms with Crippen LogP contribution in [0.3, 0.4) is 0 Å². The minimum Gasteiger partial charge on any atom is -0.316 e. The zero-order valence-electron chi connectivity index (χ0n) is 12.4. The Morgan fingerprint density at radius 1 is 1.05 bits per heavy atom. The molecule has 2 rings (SSSR count). The second-order valence-electron chi connectivity index (χ2n) is 5.24. The van der Waals surface area contributed by atoms with E-state index in [1.54, 1.807) is 7.05 Å². The fraction of sp³-hybridized carbons (Fsp3) is 0.294. The number of benzene rings is 2. The van der Waals surface area contributed by atoms with Gasteiger partial charge in [-0.05, 0) is 48.4 Å². The van der Waals surface area contributed by atoms with Crippen LogP contribution in [0.15, 0.2) is 46.2 Å². The van der Waals surface area contributed by atoms with Crippen molar-refractivity contribution < 1.29 is 8.78 Å². The quantitative estimate of drug-likeness (QED) is 0.838. The third-order valence-corrected chi connectivity index (χ3v) is 4.31. The van der Waals surface area contributed by atoms with E-state index in [4.69, 9.17) is 0 Å². The summed E-state index contributed by atoms with van der Waals surface area (Å²) in [5.41, 5.74) is 1.82. The van der Waals surface area contributed by atoms with Gasteiger partial charge in [0.25, 0.3) is 0 Å². The van der Waals surface area contributed by atoms with Gasteiger partial charge in [-0.3, -0.25) is 0 Å². The summed E-state index contributed by atoms with van der Waals surface area (Å²) >= 11 is 1.12. The first-order valence-electron chi connectivity index (χ1n) is 6.91. The third kappa shape index (κ3) is 4.05. The highest BCUT2D eigenvalue weighted by Gasteiger charge is 2.13. The summed E-state index contributed by atoms with van der Waals surface area (Å²) in [6.45, 7) is 4.67. The van der Waals surface area contributed by atoms with Crippen LogP contribution >= 0.6 is 11.8 Å². The van der Waals surface area contributed by atoms with Gasteiger partial charge in [0.15, 0.2) is 0 Å².